The zero-order valence-electron chi connectivity index (χ0n) is 12.6. The number of hydrogen-bond acceptors (Lipinski definition) is 2. The summed E-state index contributed by atoms with van der Waals surface area (Å²) in [6.07, 6.45) is 3.89. The van der Waals surface area contributed by atoms with E-state index in [-0.39, 0.29) is 6.04 Å². The van der Waals surface area contributed by atoms with Gasteiger partial charge in [0.15, 0.2) is 0 Å². The largest absolute Gasteiger partial charge is 0.361 e. The molecule has 0 bridgehead atoms. The summed E-state index contributed by atoms with van der Waals surface area (Å²) < 4.78 is 0. The van der Waals surface area contributed by atoms with Crippen LogP contribution in [0, 0.1) is 0 Å². The van der Waals surface area contributed by atoms with Gasteiger partial charge in [0.2, 0.25) is 0 Å². The fourth-order valence-corrected chi connectivity index (χ4v) is 2.91. The number of anilines is 1. The number of hydrogen-bond donors (Lipinski definition) is 2. The number of para-hydroxylation sites is 1. The van der Waals surface area contributed by atoms with Gasteiger partial charge in [-0.2, -0.15) is 0 Å². The first kappa shape index (κ1) is 13.6. The second kappa shape index (κ2) is 5.97. The highest BCUT2D eigenvalue weighted by atomic mass is 15.0. The van der Waals surface area contributed by atoms with Gasteiger partial charge < -0.3 is 10.3 Å². The third-order valence-electron chi connectivity index (χ3n) is 4.02. The molecule has 0 fully saturated rings. The third-order valence-corrected chi connectivity index (χ3v) is 4.02. The van der Waals surface area contributed by atoms with E-state index in [1.165, 1.54) is 16.5 Å². The quantitative estimate of drug-likeness (QED) is 0.570. The van der Waals surface area contributed by atoms with Gasteiger partial charge in [-0.1, -0.05) is 54.6 Å². The SMILES string of the molecule is c1ccc(C(Nc2ccccn2)c2c[nH]c3ccccc23)cc1. The molecule has 3 heteroatoms. The summed E-state index contributed by atoms with van der Waals surface area (Å²) in [5.41, 5.74) is 3.58. The normalized spacial score (nSPS) is 12.2. The third kappa shape index (κ3) is 2.69. The second-order valence-corrected chi connectivity index (χ2v) is 5.49. The number of rotatable bonds is 4. The first-order chi connectivity index (χ1) is 11.4. The van der Waals surface area contributed by atoms with Crippen molar-refractivity contribution in [3.8, 4) is 0 Å². The smallest absolute Gasteiger partial charge is 0.126 e. The van der Waals surface area contributed by atoms with E-state index in [9.17, 15) is 0 Å². The first-order valence-electron chi connectivity index (χ1n) is 7.70. The maximum atomic E-state index is 4.41. The van der Waals surface area contributed by atoms with Crippen LogP contribution in [-0.2, 0) is 0 Å². The fourth-order valence-electron chi connectivity index (χ4n) is 2.91. The molecule has 4 rings (SSSR count). The Hall–Kier alpha value is -3.07. The molecular formula is C20H17N3. The van der Waals surface area contributed by atoms with Crippen LogP contribution < -0.4 is 5.32 Å². The van der Waals surface area contributed by atoms with E-state index in [1.807, 2.05) is 30.3 Å². The Labute approximate surface area is 135 Å². The van der Waals surface area contributed by atoms with E-state index in [0.29, 0.717) is 0 Å². The van der Waals surface area contributed by atoms with Crippen molar-refractivity contribution in [2.24, 2.45) is 0 Å². The molecular weight excluding hydrogens is 282 g/mol. The van der Waals surface area contributed by atoms with Crippen LogP contribution in [0.2, 0.25) is 0 Å². The van der Waals surface area contributed by atoms with Gasteiger partial charge in [-0.25, -0.2) is 4.98 Å². The van der Waals surface area contributed by atoms with Crippen LogP contribution in [0.4, 0.5) is 5.82 Å². The van der Waals surface area contributed by atoms with Crippen LogP contribution in [-0.4, -0.2) is 9.97 Å². The minimum absolute atomic E-state index is 0.0437. The predicted octanol–water partition coefficient (Wildman–Crippen LogP) is 4.76. The molecule has 1 atom stereocenters. The zero-order valence-corrected chi connectivity index (χ0v) is 12.6. The van der Waals surface area contributed by atoms with Crippen molar-refractivity contribution >= 4 is 16.7 Å². The van der Waals surface area contributed by atoms with E-state index < -0.39 is 0 Å². The fraction of sp³-hybridized carbons (Fsp3) is 0.0500. The number of pyridine rings is 1. The Kier molecular flexibility index (Phi) is 3.53. The Morgan fingerprint density at radius 3 is 2.43 bits per heavy atom. The van der Waals surface area contributed by atoms with Gasteiger partial charge >= 0.3 is 0 Å². The van der Waals surface area contributed by atoms with Crippen molar-refractivity contribution in [3.63, 3.8) is 0 Å². The van der Waals surface area contributed by atoms with Crippen molar-refractivity contribution in [1.29, 1.82) is 0 Å². The molecule has 23 heavy (non-hydrogen) atoms. The molecule has 0 saturated heterocycles. The highest BCUT2D eigenvalue weighted by molar-refractivity contribution is 5.84. The molecule has 0 aliphatic heterocycles. The maximum Gasteiger partial charge on any atom is 0.126 e. The van der Waals surface area contributed by atoms with Gasteiger partial charge in [0, 0.05) is 28.9 Å². The molecule has 0 aliphatic carbocycles. The molecule has 112 valence electrons. The Morgan fingerprint density at radius 2 is 1.61 bits per heavy atom. The molecule has 2 aromatic carbocycles. The maximum absolute atomic E-state index is 4.41. The van der Waals surface area contributed by atoms with Crippen molar-refractivity contribution in [1.82, 2.24) is 9.97 Å². The van der Waals surface area contributed by atoms with E-state index in [0.717, 1.165) is 11.3 Å². The van der Waals surface area contributed by atoms with Crippen molar-refractivity contribution < 1.29 is 0 Å². The molecule has 0 saturated carbocycles. The zero-order chi connectivity index (χ0) is 15.5. The summed E-state index contributed by atoms with van der Waals surface area (Å²) in [4.78, 5) is 7.78. The van der Waals surface area contributed by atoms with Crippen molar-refractivity contribution in [2.45, 2.75) is 6.04 Å². The Bertz CT molecular complexity index is 898. The van der Waals surface area contributed by atoms with Gasteiger partial charge in [0.1, 0.15) is 5.82 Å². The highest BCUT2D eigenvalue weighted by Crippen LogP contribution is 2.31. The summed E-state index contributed by atoms with van der Waals surface area (Å²) in [6, 6.07) is 24.8. The number of nitrogens with zero attached hydrogens (tertiary/aromatic N) is 1. The molecule has 2 heterocycles. The molecule has 3 nitrogen and oxygen atoms in total. The second-order valence-electron chi connectivity index (χ2n) is 5.49. The van der Waals surface area contributed by atoms with Gasteiger partial charge in [0.25, 0.3) is 0 Å². The summed E-state index contributed by atoms with van der Waals surface area (Å²) in [7, 11) is 0. The first-order valence-corrected chi connectivity index (χ1v) is 7.70. The summed E-state index contributed by atoms with van der Waals surface area (Å²) in [5.74, 6) is 0.867. The molecule has 1 unspecified atom stereocenters. The van der Waals surface area contributed by atoms with E-state index >= 15 is 0 Å². The average Bonchev–Trinajstić information content (AvgIpc) is 3.05. The van der Waals surface area contributed by atoms with Crippen LogP contribution in [0.15, 0.2) is 85.2 Å². The van der Waals surface area contributed by atoms with E-state index in [1.54, 1.807) is 6.20 Å². The summed E-state index contributed by atoms with van der Waals surface area (Å²) >= 11 is 0. The van der Waals surface area contributed by atoms with Gasteiger partial charge in [-0.3, -0.25) is 0 Å². The number of nitrogens with one attached hydrogen (secondary N) is 2. The van der Waals surface area contributed by atoms with Crippen LogP contribution >= 0.6 is 0 Å². The van der Waals surface area contributed by atoms with Gasteiger partial charge in [-0.15, -0.1) is 0 Å². The number of aromatic nitrogens is 2. The van der Waals surface area contributed by atoms with Crippen LogP contribution in [0.5, 0.6) is 0 Å². The highest BCUT2D eigenvalue weighted by Gasteiger charge is 2.18. The van der Waals surface area contributed by atoms with Gasteiger partial charge in [-0.05, 0) is 23.8 Å². The monoisotopic (exact) mass is 299 g/mol. The van der Waals surface area contributed by atoms with E-state index in [4.69, 9.17) is 0 Å². The standard InChI is InChI=1S/C20H17N3/c1-2-8-15(9-3-1)20(23-19-12-6-7-13-21-19)17-14-22-18-11-5-4-10-16(17)18/h1-14,20,22H,(H,21,23). The molecule has 0 radical (unpaired) electrons. The molecule has 2 aromatic heterocycles. The number of H-pyrrole nitrogens is 1. The minimum Gasteiger partial charge on any atom is -0.361 e. The molecule has 0 amide bonds. The summed E-state index contributed by atoms with van der Waals surface area (Å²) in [6.45, 7) is 0. The molecule has 2 N–H and O–H groups in total. The van der Waals surface area contributed by atoms with Crippen LogP contribution in [0.25, 0.3) is 10.9 Å². The minimum atomic E-state index is 0.0437. The number of benzene rings is 2. The van der Waals surface area contributed by atoms with Crippen LogP contribution in [0.1, 0.15) is 17.2 Å². The lowest BCUT2D eigenvalue weighted by Gasteiger charge is -2.19. The van der Waals surface area contributed by atoms with Crippen molar-refractivity contribution in [2.75, 3.05) is 5.32 Å². The lowest BCUT2D eigenvalue weighted by Crippen LogP contribution is -2.12. The Morgan fingerprint density at radius 1 is 0.826 bits per heavy atom. The topological polar surface area (TPSA) is 40.7 Å². The number of aromatic amines is 1. The van der Waals surface area contributed by atoms with Gasteiger partial charge in [0.05, 0.1) is 6.04 Å². The molecule has 0 aliphatic rings. The van der Waals surface area contributed by atoms with E-state index in [2.05, 4.69) is 63.9 Å². The average molecular weight is 299 g/mol. The molecule has 4 aromatic rings. The lowest BCUT2D eigenvalue weighted by atomic mass is 9.98. The summed E-state index contributed by atoms with van der Waals surface area (Å²) in [5, 5.41) is 4.79. The Balaban J connectivity index is 1.82. The van der Waals surface area contributed by atoms with Crippen molar-refractivity contribution in [3.05, 3.63) is 96.3 Å². The number of fused-ring (bicyclic) bond motifs is 1. The predicted molar refractivity (Wildman–Crippen MR) is 94.4 cm³/mol. The lowest BCUT2D eigenvalue weighted by molar-refractivity contribution is 0.935. The molecule has 0 spiro atoms. The van der Waals surface area contributed by atoms with Crippen LogP contribution in [0.3, 0.4) is 0 Å².